The molecule has 4 aromatic rings. The van der Waals surface area contributed by atoms with Crippen molar-refractivity contribution in [2.45, 2.75) is 26.3 Å². The number of H-pyrrole nitrogens is 1. The number of benzene rings is 2. The first-order chi connectivity index (χ1) is 14.9. The molecule has 2 aromatic heterocycles. The molecule has 0 radical (unpaired) electrons. The number of aromatic nitrogens is 5. The fourth-order valence-electron chi connectivity index (χ4n) is 3.23. The van der Waals surface area contributed by atoms with Gasteiger partial charge in [0, 0.05) is 17.0 Å². The normalized spacial score (nSPS) is 11.2. The van der Waals surface area contributed by atoms with E-state index < -0.39 is 0 Å². The molecule has 0 bridgehead atoms. The van der Waals surface area contributed by atoms with Crippen LogP contribution < -0.4 is 5.56 Å². The summed E-state index contributed by atoms with van der Waals surface area (Å²) in [6, 6.07) is 9.77. The summed E-state index contributed by atoms with van der Waals surface area (Å²) in [7, 11) is 0. The first kappa shape index (κ1) is 21.5. The second kappa shape index (κ2) is 8.78. The Bertz CT molecular complexity index is 1320. The van der Waals surface area contributed by atoms with Crippen LogP contribution in [0.3, 0.4) is 0 Å². The lowest BCUT2D eigenvalue weighted by molar-refractivity contribution is 0.103. The number of nitrogens with zero attached hydrogens (tertiary/aromatic N) is 4. The zero-order chi connectivity index (χ0) is 22.1. The van der Waals surface area contributed by atoms with Gasteiger partial charge in [-0.1, -0.05) is 46.9 Å². The van der Waals surface area contributed by atoms with Gasteiger partial charge in [-0.15, -0.1) is 5.10 Å². The summed E-state index contributed by atoms with van der Waals surface area (Å²) in [6.45, 7) is 2.23. The van der Waals surface area contributed by atoms with E-state index in [2.05, 4.69) is 20.3 Å². The Hall–Kier alpha value is -2.74. The molecule has 2 aromatic carbocycles. The van der Waals surface area contributed by atoms with E-state index >= 15 is 0 Å². The monoisotopic (exact) mass is 475 g/mol. The lowest BCUT2D eigenvalue weighted by Crippen LogP contribution is -2.13. The number of rotatable bonds is 6. The van der Waals surface area contributed by atoms with Gasteiger partial charge in [0.05, 0.1) is 22.2 Å². The lowest BCUT2D eigenvalue weighted by Gasteiger charge is -2.10. The van der Waals surface area contributed by atoms with E-state index in [1.54, 1.807) is 36.4 Å². The van der Waals surface area contributed by atoms with Crippen LogP contribution in [-0.4, -0.2) is 30.7 Å². The van der Waals surface area contributed by atoms with Crippen molar-refractivity contribution in [1.82, 2.24) is 25.0 Å². The number of nitrogens with one attached hydrogen (secondary N) is 1. The molecule has 0 spiro atoms. The van der Waals surface area contributed by atoms with Crippen molar-refractivity contribution in [3.63, 3.8) is 0 Å². The summed E-state index contributed by atoms with van der Waals surface area (Å²) in [5, 5.41) is 8.92. The van der Waals surface area contributed by atoms with E-state index in [-0.39, 0.29) is 39.0 Å². The number of fused-ring (bicyclic) bond motifs is 1. The van der Waals surface area contributed by atoms with Crippen molar-refractivity contribution in [3.05, 3.63) is 84.3 Å². The molecule has 0 unspecified atom stereocenters. The van der Waals surface area contributed by atoms with Gasteiger partial charge in [0.15, 0.2) is 16.9 Å². The third-order valence-corrected chi connectivity index (χ3v) is 5.53. The quantitative estimate of drug-likeness (QED) is 0.407. The Labute approximate surface area is 192 Å². The average molecular weight is 477 g/mol. The van der Waals surface area contributed by atoms with E-state index in [4.69, 9.17) is 34.8 Å². The number of carbonyl (C=O) groups is 1. The first-order valence-corrected chi connectivity index (χ1v) is 10.6. The van der Waals surface area contributed by atoms with Crippen LogP contribution in [-0.2, 0) is 13.0 Å². The van der Waals surface area contributed by atoms with E-state index in [0.29, 0.717) is 34.0 Å². The molecular weight excluding hydrogens is 461 g/mol. The van der Waals surface area contributed by atoms with Crippen LogP contribution in [0, 0.1) is 0 Å². The van der Waals surface area contributed by atoms with E-state index in [0.717, 1.165) is 6.42 Å². The summed E-state index contributed by atoms with van der Waals surface area (Å²) < 4.78 is 1.51. The topological polar surface area (TPSA) is 93.5 Å². The zero-order valence-corrected chi connectivity index (χ0v) is 18.6. The molecule has 1 N–H and O–H groups in total. The number of carbonyl (C=O) groups excluding carboxylic acids is 1. The van der Waals surface area contributed by atoms with Gasteiger partial charge in [-0.2, -0.15) is 0 Å². The van der Waals surface area contributed by atoms with Crippen LogP contribution >= 0.6 is 34.8 Å². The van der Waals surface area contributed by atoms with Crippen molar-refractivity contribution in [2.75, 3.05) is 0 Å². The second-order valence-corrected chi connectivity index (χ2v) is 8.20. The highest BCUT2D eigenvalue weighted by molar-refractivity contribution is 6.41. The van der Waals surface area contributed by atoms with Crippen molar-refractivity contribution < 1.29 is 4.79 Å². The predicted octanol–water partition coefficient (Wildman–Crippen LogP) is 4.71. The number of aryl methyl sites for hydroxylation is 1. The minimum absolute atomic E-state index is 0.159. The Morgan fingerprint density at radius 2 is 1.77 bits per heavy atom. The molecule has 0 fully saturated rings. The van der Waals surface area contributed by atoms with Crippen molar-refractivity contribution in [2.24, 2.45) is 0 Å². The van der Waals surface area contributed by atoms with Crippen LogP contribution in [0.5, 0.6) is 0 Å². The van der Waals surface area contributed by atoms with E-state index in [9.17, 15) is 9.59 Å². The number of ketones is 1. The van der Waals surface area contributed by atoms with Crippen LogP contribution in [0.15, 0.2) is 41.2 Å². The van der Waals surface area contributed by atoms with Crippen LogP contribution in [0.4, 0.5) is 0 Å². The molecule has 7 nitrogen and oxygen atoms in total. The minimum atomic E-state index is -0.334. The van der Waals surface area contributed by atoms with Gasteiger partial charge in [-0.3, -0.25) is 9.59 Å². The van der Waals surface area contributed by atoms with Gasteiger partial charge in [-0.05, 0) is 48.4 Å². The fraction of sp³-hybridized carbons (Fsp3) is 0.190. The van der Waals surface area contributed by atoms with Gasteiger partial charge in [-0.25, -0.2) is 9.67 Å². The standard InChI is InChI=1S/C21H16Cl3N5O2/c1-2-3-16-25-20-18(21(31)26-16)27-28-29(20)10-11-8-14(23)17(15(24)9-11)19(30)12-4-6-13(22)7-5-12/h4-9H,2-3,10H2,1H3,(H,25,26,31). The third-order valence-electron chi connectivity index (χ3n) is 4.68. The van der Waals surface area contributed by atoms with Crippen LogP contribution in [0.25, 0.3) is 11.2 Å². The molecule has 0 amide bonds. The van der Waals surface area contributed by atoms with E-state index in [1.165, 1.54) is 4.68 Å². The highest BCUT2D eigenvalue weighted by Crippen LogP contribution is 2.30. The smallest absolute Gasteiger partial charge is 0.281 e. The maximum Gasteiger partial charge on any atom is 0.281 e. The van der Waals surface area contributed by atoms with Crippen LogP contribution in [0.2, 0.25) is 15.1 Å². The molecule has 2 heterocycles. The third kappa shape index (κ3) is 4.35. The molecule has 0 saturated carbocycles. The summed E-state index contributed by atoms with van der Waals surface area (Å²) in [5.41, 5.74) is 1.52. The molecule has 0 aliphatic heterocycles. The molecule has 4 rings (SSSR count). The highest BCUT2D eigenvalue weighted by Gasteiger charge is 2.19. The van der Waals surface area contributed by atoms with Crippen molar-refractivity contribution >= 4 is 51.7 Å². The second-order valence-electron chi connectivity index (χ2n) is 6.95. The number of aromatic amines is 1. The number of halogens is 3. The SMILES string of the molecule is CCCc1nc2c(nnn2Cc2cc(Cl)c(C(=O)c3ccc(Cl)cc3)c(Cl)c2)c(=O)[nH]1. The molecule has 158 valence electrons. The molecule has 31 heavy (non-hydrogen) atoms. The maximum absolute atomic E-state index is 12.9. The average Bonchev–Trinajstić information content (AvgIpc) is 3.11. The fourth-order valence-corrected chi connectivity index (χ4v) is 4.06. The predicted molar refractivity (Wildman–Crippen MR) is 120 cm³/mol. The van der Waals surface area contributed by atoms with Gasteiger partial charge < -0.3 is 4.98 Å². The number of hydrogen-bond acceptors (Lipinski definition) is 5. The van der Waals surface area contributed by atoms with Gasteiger partial charge >= 0.3 is 0 Å². The summed E-state index contributed by atoms with van der Waals surface area (Å²) in [6.07, 6.45) is 1.47. The van der Waals surface area contributed by atoms with E-state index in [1.807, 2.05) is 6.92 Å². The maximum atomic E-state index is 12.9. The largest absolute Gasteiger partial charge is 0.308 e. The minimum Gasteiger partial charge on any atom is -0.308 e. The number of hydrogen-bond donors (Lipinski definition) is 1. The Kier molecular flexibility index (Phi) is 6.09. The summed E-state index contributed by atoms with van der Waals surface area (Å²) >= 11 is 18.7. The zero-order valence-electron chi connectivity index (χ0n) is 16.3. The Morgan fingerprint density at radius 3 is 2.42 bits per heavy atom. The molecule has 0 aliphatic rings. The van der Waals surface area contributed by atoms with Crippen molar-refractivity contribution in [1.29, 1.82) is 0 Å². The first-order valence-electron chi connectivity index (χ1n) is 9.48. The Morgan fingerprint density at radius 1 is 1.10 bits per heavy atom. The van der Waals surface area contributed by atoms with Gasteiger partial charge in [0.1, 0.15) is 5.82 Å². The van der Waals surface area contributed by atoms with Crippen molar-refractivity contribution in [3.8, 4) is 0 Å². The Balaban J connectivity index is 1.68. The lowest BCUT2D eigenvalue weighted by atomic mass is 10.0. The molecule has 10 heteroatoms. The highest BCUT2D eigenvalue weighted by atomic mass is 35.5. The molecule has 0 aliphatic carbocycles. The van der Waals surface area contributed by atoms with Crippen LogP contribution in [0.1, 0.15) is 40.7 Å². The van der Waals surface area contributed by atoms with Gasteiger partial charge in [0.25, 0.3) is 5.56 Å². The summed E-state index contributed by atoms with van der Waals surface area (Å²) in [4.78, 5) is 32.3. The molecule has 0 saturated heterocycles. The molecular formula is C21H16Cl3N5O2. The van der Waals surface area contributed by atoms with Gasteiger partial charge in [0.2, 0.25) is 0 Å². The molecule has 0 atom stereocenters. The summed E-state index contributed by atoms with van der Waals surface area (Å²) in [5.74, 6) is 0.269.